The number of benzene rings is 1. The molecule has 1 N–H and O–H groups in total. The Morgan fingerprint density at radius 2 is 1.89 bits per heavy atom. The molecule has 1 heterocycles. The number of amides is 1. The van der Waals surface area contributed by atoms with Gasteiger partial charge in [-0.05, 0) is 38.8 Å². The van der Waals surface area contributed by atoms with Crippen molar-refractivity contribution in [1.29, 1.82) is 0 Å². The summed E-state index contributed by atoms with van der Waals surface area (Å²) >= 11 is 0. The van der Waals surface area contributed by atoms with E-state index in [1.165, 1.54) is 11.1 Å². The third kappa shape index (κ3) is 3.57. The smallest absolute Gasteiger partial charge is 0.227 e. The van der Waals surface area contributed by atoms with Crippen LogP contribution in [0.15, 0.2) is 18.2 Å². The van der Waals surface area contributed by atoms with E-state index in [-0.39, 0.29) is 5.91 Å². The molecule has 1 amide bonds. The van der Waals surface area contributed by atoms with Crippen LogP contribution in [0.1, 0.15) is 30.5 Å². The van der Waals surface area contributed by atoms with E-state index in [9.17, 15) is 4.79 Å². The number of aryl methyl sites for hydroxylation is 2. The molecular weight excluding hydrogens is 236 g/mol. The first-order chi connectivity index (χ1) is 8.95. The van der Waals surface area contributed by atoms with E-state index in [4.69, 9.17) is 0 Å². The minimum atomic E-state index is 0.244. The van der Waals surface area contributed by atoms with Crippen LogP contribution in [0, 0.1) is 13.8 Å². The summed E-state index contributed by atoms with van der Waals surface area (Å²) in [5, 5.41) is 3.45. The van der Waals surface area contributed by atoms with Gasteiger partial charge in [-0.3, -0.25) is 4.79 Å². The summed E-state index contributed by atoms with van der Waals surface area (Å²) in [7, 11) is 0. The third-order valence-electron chi connectivity index (χ3n) is 3.76. The predicted octanol–water partition coefficient (Wildman–Crippen LogP) is 2.05. The fourth-order valence-electron chi connectivity index (χ4n) is 2.80. The minimum absolute atomic E-state index is 0.244. The Bertz CT molecular complexity index is 460. The van der Waals surface area contributed by atoms with Gasteiger partial charge in [0.05, 0.1) is 6.42 Å². The zero-order chi connectivity index (χ0) is 14.0. The van der Waals surface area contributed by atoms with Crippen LogP contribution < -0.4 is 5.32 Å². The lowest BCUT2D eigenvalue weighted by atomic mass is 10.0. The van der Waals surface area contributed by atoms with Crippen LogP contribution in [0.5, 0.6) is 0 Å². The van der Waals surface area contributed by atoms with Gasteiger partial charge >= 0.3 is 0 Å². The number of hydrogen-bond acceptors (Lipinski definition) is 2. The highest BCUT2D eigenvalue weighted by Gasteiger charge is 2.24. The van der Waals surface area contributed by atoms with Gasteiger partial charge in [-0.1, -0.05) is 23.8 Å². The summed E-state index contributed by atoms with van der Waals surface area (Å²) in [4.78, 5) is 14.4. The molecular formula is C16H24N2O. The second-order valence-electron chi connectivity index (χ2n) is 5.87. The van der Waals surface area contributed by atoms with Crippen LogP contribution in [0.3, 0.4) is 0 Å². The molecule has 1 aliphatic rings. The Hall–Kier alpha value is -1.35. The highest BCUT2D eigenvalue weighted by Crippen LogP contribution is 2.14. The monoisotopic (exact) mass is 260 g/mol. The lowest BCUT2D eigenvalue weighted by Gasteiger charge is -2.36. The summed E-state index contributed by atoms with van der Waals surface area (Å²) in [5.74, 6) is 0.244. The lowest BCUT2D eigenvalue weighted by molar-refractivity contribution is -0.132. The highest BCUT2D eigenvalue weighted by molar-refractivity contribution is 5.79. The quantitative estimate of drug-likeness (QED) is 0.882. The van der Waals surface area contributed by atoms with E-state index >= 15 is 0 Å². The second kappa shape index (κ2) is 5.74. The van der Waals surface area contributed by atoms with E-state index in [1.807, 2.05) is 4.90 Å². The Morgan fingerprint density at radius 3 is 2.53 bits per heavy atom. The molecule has 3 nitrogen and oxygen atoms in total. The standard InChI is InChI=1S/C16H24N2O/c1-11-5-6-12(2)15(7-11)8-16(19)18-9-13(3)17-14(4)10-18/h5-7,13-14,17H,8-10H2,1-4H3. The van der Waals surface area contributed by atoms with Gasteiger partial charge < -0.3 is 10.2 Å². The number of nitrogens with one attached hydrogen (secondary N) is 1. The van der Waals surface area contributed by atoms with E-state index in [0.29, 0.717) is 18.5 Å². The Labute approximate surface area is 116 Å². The zero-order valence-electron chi connectivity index (χ0n) is 12.4. The van der Waals surface area contributed by atoms with Crippen molar-refractivity contribution in [3.63, 3.8) is 0 Å². The van der Waals surface area contributed by atoms with E-state index < -0.39 is 0 Å². The van der Waals surface area contributed by atoms with Crippen LogP contribution in [-0.4, -0.2) is 36.0 Å². The molecule has 0 bridgehead atoms. The molecule has 19 heavy (non-hydrogen) atoms. The van der Waals surface area contributed by atoms with Crippen LogP contribution >= 0.6 is 0 Å². The number of nitrogens with zero attached hydrogens (tertiary/aromatic N) is 1. The predicted molar refractivity (Wildman–Crippen MR) is 78.3 cm³/mol. The van der Waals surface area contributed by atoms with Gasteiger partial charge in [-0.15, -0.1) is 0 Å². The van der Waals surface area contributed by atoms with Crippen molar-refractivity contribution < 1.29 is 4.79 Å². The summed E-state index contributed by atoms with van der Waals surface area (Å²) in [6.07, 6.45) is 0.521. The van der Waals surface area contributed by atoms with Gasteiger partial charge in [0, 0.05) is 25.2 Å². The van der Waals surface area contributed by atoms with Crippen molar-refractivity contribution in [2.75, 3.05) is 13.1 Å². The number of hydrogen-bond donors (Lipinski definition) is 1. The first-order valence-corrected chi connectivity index (χ1v) is 7.05. The van der Waals surface area contributed by atoms with Gasteiger partial charge in [-0.2, -0.15) is 0 Å². The maximum Gasteiger partial charge on any atom is 0.227 e. The maximum absolute atomic E-state index is 12.4. The summed E-state index contributed by atoms with van der Waals surface area (Å²) in [5.41, 5.74) is 3.58. The van der Waals surface area contributed by atoms with Crippen molar-refractivity contribution in [3.8, 4) is 0 Å². The molecule has 2 unspecified atom stereocenters. The van der Waals surface area contributed by atoms with Gasteiger partial charge in [0.1, 0.15) is 0 Å². The van der Waals surface area contributed by atoms with Crippen LogP contribution in [0.4, 0.5) is 0 Å². The largest absolute Gasteiger partial charge is 0.339 e. The average molecular weight is 260 g/mol. The molecule has 2 atom stereocenters. The van der Waals surface area contributed by atoms with Crippen molar-refractivity contribution in [3.05, 3.63) is 34.9 Å². The molecule has 2 rings (SSSR count). The highest BCUT2D eigenvalue weighted by atomic mass is 16.2. The molecule has 1 fully saturated rings. The summed E-state index contributed by atoms with van der Waals surface area (Å²) in [6.45, 7) is 10.0. The fourth-order valence-corrected chi connectivity index (χ4v) is 2.80. The first kappa shape index (κ1) is 14.1. The molecule has 3 heteroatoms. The molecule has 0 spiro atoms. The van der Waals surface area contributed by atoms with Crippen molar-refractivity contribution in [2.45, 2.75) is 46.2 Å². The van der Waals surface area contributed by atoms with Crippen LogP contribution in [-0.2, 0) is 11.2 Å². The fraction of sp³-hybridized carbons (Fsp3) is 0.562. The number of piperazine rings is 1. The van der Waals surface area contributed by atoms with Gasteiger partial charge in [0.25, 0.3) is 0 Å². The van der Waals surface area contributed by atoms with Crippen LogP contribution in [0.2, 0.25) is 0 Å². The van der Waals surface area contributed by atoms with Gasteiger partial charge in [-0.25, -0.2) is 0 Å². The van der Waals surface area contributed by atoms with Crippen molar-refractivity contribution in [1.82, 2.24) is 10.2 Å². The Morgan fingerprint density at radius 1 is 1.26 bits per heavy atom. The van der Waals surface area contributed by atoms with Crippen molar-refractivity contribution >= 4 is 5.91 Å². The van der Waals surface area contributed by atoms with E-state index in [1.54, 1.807) is 0 Å². The van der Waals surface area contributed by atoms with Gasteiger partial charge in [0.15, 0.2) is 0 Å². The molecule has 0 aromatic heterocycles. The number of rotatable bonds is 2. The summed E-state index contributed by atoms with van der Waals surface area (Å²) in [6, 6.07) is 7.08. The van der Waals surface area contributed by atoms with Crippen LogP contribution in [0.25, 0.3) is 0 Å². The molecule has 0 aliphatic carbocycles. The summed E-state index contributed by atoms with van der Waals surface area (Å²) < 4.78 is 0. The SMILES string of the molecule is Cc1ccc(C)c(CC(=O)N2CC(C)NC(C)C2)c1. The normalized spacial score (nSPS) is 23.5. The second-order valence-corrected chi connectivity index (χ2v) is 5.87. The van der Waals surface area contributed by atoms with Gasteiger partial charge in [0.2, 0.25) is 5.91 Å². The first-order valence-electron chi connectivity index (χ1n) is 7.05. The molecule has 0 radical (unpaired) electrons. The molecule has 1 saturated heterocycles. The average Bonchev–Trinajstić information content (AvgIpc) is 2.32. The van der Waals surface area contributed by atoms with Crippen molar-refractivity contribution in [2.24, 2.45) is 0 Å². The molecule has 1 aromatic rings. The number of carbonyl (C=O) groups excluding carboxylic acids is 1. The van der Waals surface area contributed by atoms with E-state index in [0.717, 1.165) is 18.7 Å². The molecule has 0 saturated carbocycles. The van der Waals surface area contributed by atoms with E-state index in [2.05, 4.69) is 51.2 Å². The maximum atomic E-state index is 12.4. The molecule has 104 valence electrons. The topological polar surface area (TPSA) is 32.3 Å². The zero-order valence-corrected chi connectivity index (χ0v) is 12.4. The Balaban J connectivity index is 2.06. The number of carbonyl (C=O) groups is 1. The lowest BCUT2D eigenvalue weighted by Crippen LogP contribution is -2.56. The minimum Gasteiger partial charge on any atom is -0.339 e. The third-order valence-corrected chi connectivity index (χ3v) is 3.76. The Kier molecular flexibility index (Phi) is 4.25. The molecule has 1 aliphatic heterocycles. The molecule has 1 aromatic carbocycles.